The number of aliphatic hydroxyl groups is 1. The molecule has 0 aromatic heterocycles. The molecule has 2 rings (SSSR count). The lowest BCUT2D eigenvalue weighted by molar-refractivity contribution is -0.137. The Balaban J connectivity index is 2.07. The summed E-state index contributed by atoms with van der Waals surface area (Å²) in [7, 11) is 0. The normalized spacial score (nSPS) is 16.8. The Labute approximate surface area is 131 Å². The first kappa shape index (κ1) is 17.2. The van der Waals surface area contributed by atoms with E-state index in [0.717, 1.165) is 32.0 Å². The summed E-state index contributed by atoms with van der Waals surface area (Å²) in [6.45, 7) is 1.73. The fourth-order valence-electron chi connectivity index (χ4n) is 2.47. The van der Waals surface area contributed by atoms with Gasteiger partial charge in [-0.05, 0) is 44.1 Å². The molecular weight excluding hydrogens is 311 g/mol. The van der Waals surface area contributed by atoms with Gasteiger partial charge in [0.15, 0.2) is 0 Å². The van der Waals surface area contributed by atoms with Crippen molar-refractivity contribution in [1.29, 1.82) is 5.26 Å². The number of benzene rings is 1. The molecule has 8 heteroatoms. The number of nitrogens with zero attached hydrogens (tertiary/aromatic N) is 2. The summed E-state index contributed by atoms with van der Waals surface area (Å²) < 4.78 is 38.6. The van der Waals surface area contributed by atoms with Crippen LogP contribution in [0.25, 0.3) is 0 Å². The van der Waals surface area contributed by atoms with Crippen molar-refractivity contribution in [2.24, 2.45) is 0 Å². The van der Waals surface area contributed by atoms with Crippen molar-refractivity contribution in [3.63, 3.8) is 0 Å². The predicted octanol–water partition coefficient (Wildman–Crippen LogP) is 1.97. The molecule has 5 nitrogen and oxygen atoms in total. The number of hydrogen-bond donors (Lipinski definition) is 2. The number of rotatable bonds is 4. The van der Waals surface area contributed by atoms with E-state index in [1.807, 2.05) is 4.90 Å². The van der Waals surface area contributed by atoms with Gasteiger partial charge in [0.2, 0.25) is 0 Å². The van der Waals surface area contributed by atoms with Gasteiger partial charge in [0.05, 0.1) is 17.2 Å². The molecule has 1 aromatic rings. The Morgan fingerprint density at radius 1 is 1.39 bits per heavy atom. The lowest BCUT2D eigenvalue weighted by Crippen LogP contribution is -2.38. The van der Waals surface area contributed by atoms with Crippen molar-refractivity contribution in [2.45, 2.75) is 25.1 Å². The van der Waals surface area contributed by atoms with E-state index in [-0.39, 0.29) is 12.2 Å². The topological polar surface area (TPSA) is 76.4 Å². The second kappa shape index (κ2) is 6.98. The molecule has 1 saturated heterocycles. The maximum Gasteiger partial charge on any atom is 0.417 e. The van der Waals surface area contributed by atoms with Crippen molar-refractivity contribution >= 4 is 11.6 Å². The van der Waals surface area contributed by atoms with Gasteiger partial charge in [0, 0.05) is 12.2 Å². The van der Waals surface area contributed by atoms with E-state index in [1.54, 1.807) is 0 Å². The molecule has 1 aromatic carbocycles. The average Bonchev–Trinajstić information content (AvgIpc) is 2.99. The molecule has 1 atom stereocenters. The average molecular weight is 327 g/mol. The molecule has 1 aliphatic heterocycles. The summed E-state index contributed by atoms with van der Waals surface area (Å²) in [5.74, 6) is -0.769. The number of aliphatic hydroxyl groups excluding tert-OH is 1. The third kappa shape index (κ3) is 4.43. The quantitative estimate of drug-likeness (QED) is 0.886. The summed E-state index contributed by atoms with van der Waals surface area (Å²) in [4.78, 5) is 13.8. The first-order valence-corrected chi connectivity index (χ1v) is 7.14. The molecule has 0 spiro atoms. The van der Waals surface area contributed by atoms with E-state index in [0.29, 0.717) is 6.07 Å². The number of β-amino-alcohol motifs (C(OH)–C–C–N with tert-alkyl or cyclic N) is 1. The molecule has 1 heterocycles. The highest BCUT2D eigenvalue weighted by Crippen LogP contribution is 2.33. The fourth-order valence-corrected chi connectivity index (χ4v) is 2.47. The van der Waals surface area contributed by atoms with Crippen LogP contribution in [0, 0.1) is 11.3 Å². The van der Waals surface area contributed by atoms with Gasteiger partial charge in [-0.3, -0.25) is 4.79 Å². The predicted molar refractivity (Wildman–Crippen MR) is 76.5 cm³/mol. The first-order valence-electron chi connectivity index (χ1n) is 7.14. The second-order valence-electron chi connectivity index (χ2n) is 5.38. The number of anilines is 1. The van der Waals surface area contributed by atoms with Crippen molar-refractivity contribution in [3.05, 3.63) is 29.3 Å². The molecule has 124 valence electrons. The highest BCUT2D eigenvalue weighted by Gasteiger charge is 2.34. The minimum Gasteiger partial charge on any atom is -0.382 e. The molecular formula is C15H16F3N3O2. The molecule has 1 amide bonds. The molecule has 2 N–H and O–H groups in total. The zero-order chi connectivity index (χ0) is 17.0. The minimum atomic E-state index is -4.69. The number of likely N-dealkylation sites (tertiary alicyclic amines) is 1. The monoisotopic (exact) mass is 327 g/mol. The van der Waals surface area contributed by atoms with Gasteiger partial charge in [0.25, 0.3) is 5.91 Å². The van der Waals surface area contributed by atoms with Crippen LogP contribution in [-0.2, 0) is 11.0 Å². The number of nitrogens with one attached hydrogen (secondary N) is 1. The molecule has 0 radical (unpaired) electrons. The van der Waals surface area contributed by atoms with Crippen molar-refractivity contribution in [3.8, 4) is 6.07 Å². The number of amides is 1. The van der Waals surface area contributed by atoms with Gasteiger partial charge in [0.1, 0.15) is 6.10 Å². The molecule has 0 saturated carbocycles. The second-order valence-corrected chi connectivity index (χ2v) is 5.38. The van der Waals surface area contributed by atoms with E-state index in [9.17, 15) is 23.1 Å². The van der Waals surface area contributed by atoms with Crippen LogP contribution in [-0.4, -0.2) is 41.7 Å². The van der Waals surface area contributed by atoms with Gasteiger partial charge >= 0.3 is 6.18 Å². The lowest BCUT2D eigenvalue weighted by atomic mass is 10.1. The Morgan fingerprint density at radius 2 is 2.04 bits per heavy atom. The van der Waals surface area contributed by atoms with Gasteiger partial charge < -0.3 is 15.3 Å². The van der Waals surface area contributed by atoms with Gasteiger partial charge in [-0.15, -0.1) is 0 Å². The Bertz CT molecular complexity index is 619. The van der Waals surface area contributed by atoms with Crippen LogP contribution in [0.15, 0.2) is 18.2 Å². The minimum absolute atomic E-state index is 0.109. The highest BCUT2D eigenvalue weighted by atomic mass is 19.4. The van der Waals surface area contributed by atoms with Gasteiger partial charge in [-0.1, -0.05) is 0 Å². The molecule has 1 aliphatic rings. The van der Waals surface area contributed by atoms with Crippen LogP contribution >= 0.6 is 0 Å². The zero-order valence-electron chi connectivity index (χ0n) is 12.2. The summed E-state index contributed by atoms with van der Waals surface area (Å²) >= 11 is 0. The molecule has 0 unspecified atom stereocenters. The zero-order valence-corrected chi connectivity index (χ0v) is 12.2. The van der Waals surface area contributed by atoms with E-state index in [2.05, 4.69) is 5.32 Å². The lowest BCUT2D eigenvalue weighted by Gasteiger charge is -2.19. The maximum absolute atomic E-state index is 12.9. The molecule has 23 heavy (non-hydrogen) atoms. The van der Waals surface area contributed by atoms with Crippen LogP contribution in [0.3, 0.4) is 0 Å². The summed E-state index contributed by atoms with van der Waals surface area (Å²) in [6, 6.07) is 4.35. The Morgan fingerprint density at radius 3 is 2.61 bits per heavy atom. The Hall–Kier alpha value is -2.11. The van der Waals surface area contributed by atoms with Crippen LogP contribution in [0.2, 0.25) is 0 Å². The van der Waals surface area contributed by atoms with E-state index in [1.165, 1.54) is 12.1 Å². The highest BCUT2D eigenvalue weighted by molar-refractivity contribution is 5.94. The number of carbonyl (C=O) groups excluding carboxylic acids is 1. The van der Waals surface area contributed by atoms with Crippen LogP contribution in [0.1, 0.15) is 24.0 Å². The standard InChI is InChI=1S/C15H16F3N3O2/c16-15(17,18)12-7-11(4-3-10(12)8-19)20-14(23)13(22)9-21-5-1-2-6-21/h3-4,7,13,22H,1-2,5-6,9H2,(H,20,23)/t13-/m0/s1. The third-order valence-electron chi connectivity index (χ3n) is 3.65. The van der Waals surface area contributed by atoms with E-state index < -0.39 is 29.3 Å². The van der Waals surface area contributed by atoms with Gasteiger partial charge in [-0.2, -0.15) is 18.4 Å². The fraction of sp³-hybridized carbons (Fsp3) is 0.467. The van der Waals surface area contributed by atoms with Crippen molar-refractivity contribution < 1.29 is 23.1 Å². The number of hydrogen-bond acceptors (Lipinski definition) is 4. The van der Waals surface area contributed by atoms with E-state index in [4.69, 9.17) is 5.26 Å². The van der Waals surface area contributed by atoms with Crippen molar-refractivity contribution in [1.82, 2.24) is 4.90 Å². The SMILES string of the molecule is N#Cc1ccc(NC(=O)[C@@H](O)CN2CCCC2)cc1C(F)(F)F. The smallest absolute Gasteiger partial charge is 0.382 e. The van der Waals surface area contributed by atoms with Crippen LogP contribution in [0.5, 0.6) is 0 Å². The maximum atomic E-state index is 12.9. The van der Waals surface area contributed by atoms with E-state index >= 15 is 0 Å². The van der Waals surface area contributed by atoms with Crippen LogP contribution < -0.4 is 5.32 Å². The number of carbonyl (C=O) groups is 1. The summed E-state index contributed by atoms with van der Waals surface area (Å²) in [5.41, 5.74) is -1.75. The number of halogens is 3. The third-order valence-corrected chi connectivity index (χ3v) is 3.65. The van der Waals surface area contributed by atoms with Crippen molar-refractivity contribution in [2.75, 3.05) is 25.0 Å². The summed E-state index contributed by atoms with van der Waals surface area (Å²) in [6.07, 6.45) is -4.02. The molecule has 0 bridgehead atoms. The largest absolute Gasteiger partial charge is 0.417 e. The van der Waals surface area contributed by atoms with Gasteiger partial charge in [-0.25, -0.2) is 0 Å². The molecule has 0 aliphatic carbocycles. The number of nitriles is 1. The first-order chi connectivity index (χ1) is 10.8. The Kier molecular flexibility index (Phi) is 5.23. The molecule has 1 fully saturated rings. The number of alkyl halides is 3. The van der Waals surface area contributed by atoms with Crippen LogP contribution in [0.4, 0.5) is 18.9 Å². The summed E-state index contributed by atoms with van der Waals surface area (Å²) in [5, 5.41) is 20.8.